The van der Waals surface area contributed by atoms with E-state index in [9.17, 15) is 5.11 Å². The van der Waals surface area contributed by atoms with E-state index >= 15 is 0 Å². The van der Waals surface area contributed by atoms with Gasteiger partial charge in [0.1, 0.15) is 5.75 Å². The maximum absolute atomic E-state index is 9.49. The summed E-state index contributed by atoms with van der Waals surface area (Å²) in [7, 11) is 1.54. The normalized spacial score (nSPS) is 12.7. The van der Waals surface area contributed by atoms with Crippen LogP contribution in [-0.4, -0.2) is 12.2 Å². The van der Waals surface area contributed by atoms with E-state index in [1.54, 1.807) is 27.0 Å². The van der Waals surface area contributed by atoms with Crippen molar-refractivity contribution in [1.29, 1.82) is 0 Å². The summed E-state index contributed by atoms with van der Waals surface area (Å²) in [6, 6.07) is 1.63. The Morgan fingerprint density at radius 1 is 1.43 bits per heavy atom. The van der Waals surface area contributed by atoms with E-state index < -0.39 is 6.10 Å². The van der Waals surface area contributed by atoms with Crippen LogP contribution >= 0.6 is 23.2 Å². The van der Waals surface area contributed by atoms with Gasteiger partial charge < -0.3 is 9.84 Å². The molecule has 0 aliphatic rings. The Bertz CT molecular complexity index is 348. The van der Waals surface area contributed by atoms with Crippen LogP contribution in [0.15, 0.2) is 6.07 Å². The highest BCUT2D eigenvalue weighted by Crippen LogP contribution is 2.38. The van der Waals surface area contributed by atoms with Crippen molar-refractivity contribution >= 4 is 23.2 Å². The lowest BCUT2D eigenvalue weighted by molar-refractivity contribution is 0.194. The molecule has 0 aliphatic heterocycles. The summed E-state index contributed by atoms with van der Waals surface area (Å²) in [6.07, 6.45) is -0.626. The minimum Gasteiger partial charge on any atom is -0.496 e. The molecular weight excluding hydrogens is 223 g/mol. The van der Waals surface area contributed by atoms with E-state index in [0.717, 1.165) is 5.56 Å². The lowest BCUT2D eigenvalue weighted by atomic mass is 10.1. The van der Waals surface area contributed by atoms with Crippen LogP contribution in [-0.2, 0) is 0 Å². The Hall–Kier alpha value is -0.440. The molecule has 0 amide bonds. The highest BCUT2D eigenvalue weighted by Gasteiger charge is 2.16. The van der Waals surface area contributed by atoms with Crippen molar-refractivity contribution < 1.29 is 9.84 Å². The van der Waals surface area contributed by atoms with Crippen LogP contribution in [0.2, 0.25) is 10.0 Å². The summed E-state index contributed by atoms with van der Waals surface area (Å²) >= 11 is 11.8. The molecule has 1 atom stereocenters. The number of aliphatic hydroxyl groups excluding tert-OH is 1. The summed E-state index contributed by atoms with van der Waals surface area (Å²) in [6.45, 7) is 3.46. The predicted octanol–water partition coefficient (Wildman–Crippen LogP) is 3.36. The van der Waals surface area contributed by atoms with Gasteiger partial charge in [-0.3, -0.25) is 0 Å². The van der Waals surface area contributed by atoms with E-state index in [-0.39, 0.29) is 0 Å². The topological polar surface area (TPSA) is 29.5 Å². The fourth-order valence-electron chi connectivity index (χ4n) is 1.34. The smallest absolute Gasteiger partial charge is 0.129 e. The average molecular weight is 235 g/mol. The standard InChI is InChI=1S/C10H12Cl2O2/c1-5-9(12)8(11)4-7(6(2)13)10(5)14-3/h4,6,13H,1-3H3. The summed E-state index contributed by atoms with van der Waals surface area (Å²) in [5.74, 6) is 0.592. The van der Waals surface area contributed by atoms with Gasteiger partial charge in [-0.05, 0) is 19.9 Å². The SMILES string of the molecule is COc1c(C(C)O)cc(Cl)c(Cl)c1C. The molecule has 4 heteroatoms. The van der Waals surface area contributed by atoms with Gasteiger partial charge in [-0.25, -0.2) is 0 Å². The molecule has 14 heavy (non-hydrogen) atoms. The zero-order valence-corrected chi connectivity index (χ0v) is 9.78. The van der Waals surface area contributed by atoms with Crippen molar-refractivity contribution in [2.24, 2.45) is 0 Å². The van der Waals surface area contributed by atoms with E-state index in [1.807, 2.05) is 0 Å². The largest absolute Gasteiger partial charge is 0.496 e. The number of aliphatic hydroxyl groups is 1. The summed E-state index contributed by atoms with van der Waals surface area (Å²) in [5.41, 5.74) is 1.40. The maximum Gasteiger partial charge on any atom is 0.129 e. The molecule has 0 radical (unpaired) electrons. The molecule has 0 bridgehead atoms. The van der Waals surface area contributed by atoms with Crippen molar-refractivity contribution in [1.82, 2.24) is 0 Å². The minimum atomic E-state index is -0.626. The number of hydrogen-bond donors (Lipinski definition) is 1. The molecule has 1 aromatic carbocycles. The van der Waals surface area contributed by atoms with Gasteiger partial charge in [0.25, 0.3) is 0 Å². The Morgan fingerprint density at radius 2 is 2.00 bits per heavy atom. The first-order valence-corrected chi connectivity index (χ1v) is 4.95. The summed E-state index contributed by atoms with van der Waals surface area (Å²) in [4.78, 5) is 0. The van der Waals surface area contributed by atoms with Crippen molar-refractivity contribution in [3.63, 3.8) is 0 Å². The number of rotatable bonds is 2. The number of methoxy groups -OCH3 is 1. The second-order valence-electron chi connectivity index (χ2n) is 3.10. The third-order valence-electron chi connectivity index (χ3n) is 2.08. The van der Waals surface area contributed by atoms with Crippen molar-refractivity contribution in [2.75, 3.05) is 7.11 Å². The van der Waals surface area contributed by atoms with Crippen LogP contribution < -0.4 is 4.74 Å². The number of halogens is 2. The molecular formula is C10H12Cl2O2. The first-order chi connectivity index (χ1) is 6.49. The Kier molecular flexibility index (Phi) is 3.65. The third-order valence-corrected chi connectivity index (χ3v) is 2.96. The van der Waals surface area contributed by atoms with E-state index in [4.69, 9.17) is 27.9 Å². The molecule has 0 heterocycles. The zero-order chi connectivity index (χ0) is 10.9. The fraction of sp³-hybridized carbons (Fsp3) is 0.400. The predicted molar refractivity (Wildman–Crippen MR) is 58.4 cm³/mol. The van der Waals surface area contributed by atoms with Gasteiger partial charge in [0.05, 0.1) is 23.3 Å². The lowest BCUT2D eigenvalue weighted by Gasteiger charge is -2.15. The molecule has 0 aliphatic carbocycles. The molecule has 2 nitrogen and oxygen atoms in total. The molecule has 0 spiro atoms. The third kappa shape index (κ3) is 1.97. The van der Waals surface area contributed by atoms with Crippen molar-refractivity contribution in [2.45, 2.75) is 20.0 Å². The van der Waals surface area contributed by atoms with Gasteiger partial charge in [0, 0.05) is 11.1 Å². The number of hydrogen-bond acceptors (Lipinski definition) is 2. The minimum absolute atomic E-state index is 0.431. The highest BCUT2D eigenvalue weighted by atomic mass is 35.5. The first-order valence-electron chi connectivity index (χ1n) is 4.19. The molecule has 0 aromatic heterocycles. The van der Waals surface area contributed by atoms with E-state index in [2.05, 4.69) is 0 Å². The Balaban J connectivity index is 3.43. The highest BCUT2D eigenvalue weighted by molar-refractivity contribution is 6.42. The monoisotopic (exact) mass is 234 g/mol. The molecule has 0 fully saturated rings. The maximum atomic E-state index is 9.49. The summed E-state index contributed by atoms with van der Waals surface area (Å²) in [5, 5.41) is 10.4. The van der Waals surface area contributed by atoms with Gasteiger partial charge in [0.2, 0.25) is 0 Å². The van der Waals surface area contributed by atoms with Crippen LogP contribution in [0.25, 0.3) is 0 Å². The molecule has 1 unspecified atom stereocenters. The molecule has 78 valence electrons. The fourth-order valence-corrected chi connectivity index (χ4v) is 1.74. The van der Waals surface area contributed by atoms with Crippen LogP contribution in [0.1, 0.15) is 24.2 Å². The van der Waals surface area contributed by atoms with Crippen LogP contribution in [0.3, 0.4) is 0 Å². The van der Waals surface area contributed by atoms with Crippen molar-refractivity contribution in [3.05, 3.63) is 27.2 Å². The van der Waals surface area contributed by atoms with Gasteiger partial charge >= 0.3 is 0 Å². The molecule has 1 rings (SSSR count). The zero-order valence-electron chi connectivity index (χ0n) is 8.27. The molecule has 0 saturated heterocycles. The van der Waals surface area contributed by atoms with Gasteiger partial charge in [-0.2, -0.15) is 0 Å². The first kappa shape index (κ1) is 11.6. The Labute approximate surface area is 93.4 Å². The molecule has 1 N–H and O–H groups in total. The average Bonchev–Trinajstić information content (AvgIpc) is 2.13. The van der Waals surface area contributed by atoms with Crippen LogP contribution in [0.5, 0.6) is 5.75 Å². The van der Waals surface area contributed by atoms with Crippen molar-refractivity contribution in [3.8, 4) is 5.75 Å². The van der Waals surface area contributed by atoms with Gasteiger partial charge in [0.15, 0.2) is 0 Å². The quantitative estimate of drug-likeness (QED) is 0.851. The number of ether oxygens (including phenoxy) is 1. The summed E-state index contributed by atoms with van der Waals surface area (Å²) < 4.78 is 5.17. The lowest BCUT2D eigenvalue weighted by Crippen LogP contribution is -1.99. The van der Waals surface area contributed by atoms with Gasteiger partial charge in [-0.1, -0.05) is 23.2 Å². The molecule has 1 aromatic rings. The van der Waals surface area contributed by atoms with E-state index in [1.165, 1.54) is 0 Å². The number of benzene rings is 1. The van der Waals surface area contributed by atoms with Gasteiger partial charge in [-0.15, -0.1) is 0 Å². The second kappa shape index (κ2) is 4.39. The van der Waals surface area contributed by atoms with Crippen LogP contribution in [0, 0.1) is 6.92 Å². The Morgan fingerprint density at radius 3 is 2.43 bits per heavy atom. The molecule has 0 saturated carbocycles. The van der Waals surface area contributed by atoms with Crippen LogP contribution in [0.4, 0.5) is 0 Å². The van der Waals surface area contributed by atoms with E-state index in [0.29, 0.717) is 21.4 Å². The second-order valence-corrected chi connectivity index (χ2v) is 3.88.